The van der Waals surface area contributed by atoms with Gasteiger partial charge in [0.25, 0.3) is 5.69 Å². The fourth-order valence-electron chi connectivity index (χ4n) is 2.39. The lowest BCUT2D eigenvalue weighted by Crippen LogP contribution is -2.06. The molecule has 1 heterocycles. The molecule has 1 aliphatic rings. The first-order valence-corrected chi connectivity index (χ1v) is 8.55. The third kappa shape index (κ3) is 4.32. The molecule has 0 amide bonds. The van der Waals surface area contributed by atoms with Crippen molar-refractivity contribution in [2.45, 2.75) is 13.3 Å². The van der Waals surface area contributed by atoms with Crippen LogP contribution in [0.15, 0.2) is 53.2 Å². The number of nitrogens with zero attached hydrogens (tertiary/aromatic N) is 2. The van der Waals surface area contributed by atoms with Crippen LogP contribution in [0.2, 0.25) is 5.02 Å². The van der Waals surface area contributed by atoms with E-state index in [1.807, 2.05) is 19.1 Å². The molecule has 0 fully saturated rings. The van der Waals surface area contributed by atoms with E-state index in [-0.39, 0.29) is 22.3 Å². The largest absolute Gasteiger partial charge is 0.494 e. The van der Waals surface area contributed by atoms with E-state index in [4.69, 9.17) is 21.1 Å². The van der Waals surface area contributed by atoms with E-state index in [1.54, 1.807) is 18.2 Å². The Morgan fingerprint density at radius 2 is 2.11 bits per heavy atom. The summed E-state index contributed by atoms with van der Waals surface area (Å²) >= 11 is 5.80. The van der Waals surface area contributed by atoms with Crippen LogP contribution in [0.25, 0.3) is 6.08 Å². The highest BCUT2D eigenvalue weighted by molar-refractivity contribution is 6.32. The second-order valence-corrected chi connectivity index (χ2v) is 6.09. The van der Waals surface area contributed by atoms with Gasteiger partial charge in [0.1, 0.15) is 10.8 Å². The van der Waals surface area contributed by atoms with Gasteiger partial charge in [-0.1, -0.05) is 30.7 Å². The van der Waals surface area contributed by atoms with Gasteiger partial charge < -0.3 is 9.47 Å². The van der Waals surface area contributed by atoms with Crippen molar-refractivity contribution in [2.24, 2.45) is 4.99 Å². The van der Waals surface area contributed by atoms with E-state index in [2.05, 4.69) is 4.99 Å². The zero-order valence-electron chi connectivity index (χ0n) is 14.3. The number of cyclic esters (lactones) is 1. The van der Waals surface area contributed by atoms with Crippen LogP contribution in [0.3, 0.4) is 0 Å². The molecule has 0 saturated heterocycles. The average Bonchev–Trinajstić information content (AvgIpc) is 3.01. The molecular formula is C19H15ClN2O5. The highest BCUT2D eigenvalue weighted by Gasteiger charge is 2.26. The van der Waals surface area contributed by atoms with E-state index in [0.717, 1.165) is 12.0 Å². The zero-order chi connectivity index (χ0) is 19.4. The standard InChI is InChI=1S/C19H15ClN2O5/c1-2-8-26-14-5-3-4-12(9-14)10-16-19(23)27-18(21-16)13-6-7-15(20)17(11-13)22(24)25/h3-7,9-11H,2,8H2,1H3/b16-10-. The first-order chi connectivity index (χ1) is 13.0. The SMILES string of the molecule is CCCOc1cccc(/C=C2\N=C(c3ccc(Cl)c([N+](=O)[O-])c3)OC2=O)c1. The molecule has 0 N–H and O–H groups in total. The smallest absolute Gasteiger partial charge is 0.363 e. The summed E-state index contributed by atoms with van der Waals surface area (Å²) in [5, 5.41) is 11.0. The summed E-state index contributed by atoms with van der Waals surface area (Å²) in [6.45, 7) is 2.61. The van der Waals surface area contributed by atoms with Gasteiger partial charge in [0.2, 0.25) is 5.90 Å². The highest BCUT2D eigenvalue weighted by Crippen LogP contribution is 2.28. The van der Waals surface area contributed by atoms with Gasteiger partial charge in [-0.05, 0) is 42.3 Å². The van der Waals surface area contributed by atoms with Crippen molar-refractivity contribution in [3.05, 3.63) is 74.4 Å². The fraction of sp³-hybridized carbons (Fsp3) is 0.158. The molecular weight excluding hydrogens is 372 g/mol. The van der Waals surface area contributed by atoms with Crippen molar-refractivity contribution in [3.8, 4) is 5.75 Å². The zero-order valence-corrected chi connectivity index (χ0v) is 15.1. The van der Waals surface area contributed by atoms with Gasteiger partial charge in [0, 0.05) is 11.6 Å². The molecule has 8 heteroatoms. The van der Waals surface area contributed by atoms with Crippen LogP contribution < -0.4 is 4.74 Å². The Labute approximate surface area is 160 Å². The minimum atomic E-state index is -0.637. The van der Waals surface area contributed by atoms with E-state index in [0.29, 0.717) is 17.9 Å². The van der Waals surface area contributed by atoms with Gasteiger partial charge in [-0.3, -0.25) is 10.1 Å². The van der Waals surface area contributed by atoms with Crippen LogP contribution in [0.4, 0.5) is 5.69 Å². The number of halogens is 1. The van der Waals surface area contributed by atoms with Gasteiger partial charge in [-0.15, -0.1) is 0 Å². The summed E-state index contributed by atoms with van der Waals surface area (Å²) in [5.74, 6) is 0.0435. The molecule has 2 aromatic carbocycles. The Bertz CT molecular complexity index is 968. The first-order valence-electron chi connectivity index (χ1n) is 8.17. The topological polar surface area (TPSA) is 91.0 Å². The number of carbonyl (C=O) groups excluding carboxylic acids is 1. The molecule has 0 aromatic heterocycles. The van der Waals surface area contributed by atoms with Crippen molar-refractivity contribution >= 4 is 35.2 Å². The molecule has 0 aliphatic carbocycles. The summed E-state index contributed by atoms with van der Waals surface area (Å²) < 4.78 is 10.7. The summed E-state index contributed by atoms with van der Waals surface area (Å²) in [7, 11) is 0. The summed E-state index contributed by atoms with van der Waals surface area (Å²) in [4.78, 5) is 26.7. The van der Waals surface area contributed by atoms with Gasteiger partial charge in [-0.25, -0.2) is 9.79 Å². The molecule has 0 atom stereocenters. The Kier molecular flexibility index (Phi) is 5.52. The molecule has 27 heavy (non-hydrogen) atoms. The van der Waals surface area contributed by atoms with Crippen molar-refractivity contribution in [3.63, 3.8) is 0 Å². The van der Waals surface area contributed by atoms with Crippen molar-refractivity contribution in [2.75, 3.05) is 6.61 Å². The maximum absolute atomic E-state index is 12.1. The number of aliphatic imine (C=N–C) groups is 1. The van der Waals surface area contributed by atoms with Gasteiger partial charge in [0.05, 0.1) is 11.5 Å². The number of rotatable bonds is 6. The normalized spacial score (nSPS) is 14.8. The van der Waals surface area contributed by atoms with Crippen molar-refractivity contribution in [1.29, 1.82) is 0 Å². The molecule has 0 unspecified atom stereocenters. The Morgan fingerprint density at radius 1 is 1.30 bits per heavy atom. The van der Waals surface area contributed by atoms with Gasteiger partial charge >= 0.3 is 5.97 Å². The molecule has 0 radical (unpaired) electrons. The van der Waals surface area contributed by atoms with Crippen LogP contribution in [0.5, 0.6) is 5.75 Å². The number of esters is 1. The lowest BCUT2D eigenvalue weighted by Gasteiger charge is -2.04. The lowest BCUT2D eigenvalue weighted by atomic mass is 10.2. The molecule has 1 aliphatic heterocycles. The number of hydrogen-bond acceptors (Lipinski definition) is 6. The number of carbonyl (C=O) groups is 1. The Balaban J connectivity index is 1.89. The number of nitro benzene ring substituents is 1. The molecule has 138 valence electrons. The predicted octanol–water partition coefficient (Wildman–Crippen LogP) is 4.38. The van der Waals surface area contributed by atoms with Gasteiger partial charge in [0.15, 0.2) is 5.70 Å². The summed E-state index contributed by atoms with van der Waals surface area (Å²) in [6, 6.07) is 11.3. The molecule has 0 saturated carbocycles. The molecule has 0 spiro atoms. The van der Waals surface area contributed by atoms with E-state index in [1.165, 1.54) is 18.2 Å². The van der Waals surface area contributed by atoms with Crippen LogP contribution in [0.1, 0.15) is 24.5 Å². The highest BCUT2D eigenvalue weighted by atomic mass is 35.5. The number of hydrogen-bond donors (Lipinski definition) is 0. The monoisotopic (exact) mass is 386 g/mol. The van der Waals surface area contributed by atoms with E-state index < -0.39 is 10.9 Å². The van der Waals surface area contributed by atoms with Gasteiger partial charge in [-0.2, -0.15) is 0 Å². The third-order valence-electron chi connectivity index (χ3n) is 3.64. The Hall–Kier alpha value is -3.19. The predicted molar refractivity (Wildman–Crippen MR) is 101 cm³/mol. The maximum Gasteiger partial charge on any atom is 0.363 e. The first kappa shape index (κ1) is 18.6. The van der Waals surface area contributed by atoms with Crippen LogP contribution in [-0.4, -0.2) is 23.4 Å². The van der Waals surface area contributed by atoms with Crippen LogP contribution >= 0.6 is 11.6 Å². The fourth-order valence-corrected chi connectivity index (χ4v) is 2.58. The molecule has 3 rings (SSSR count). The van der Waals surface area contributed by atoms with E-state index >= 15 is 0 Å². The average molecular weight is 387 g/mol. The molecule has 2 aromatic rings. The maximum atomic E-state index is 12.1. The Morgan fingerprint density at radius 3 is 2.85 bits per heavy atom. The summed E-state index contributed by atoms with van der Waals surface area (Å²) in [5.41, 5.74) is 0.826. The number of nitro groups is 1. The molecule has 7 nitrogen and oxygen atoms in total. The van der Waals surface area contributed by atoms with Crippen LogP contribution in [0, 0.1) is 10.1 Å². The quantitative estimate of drug-likeness (QED) is 0.318. The minimum absolute atomic E-state index is 0.00617. The second kappa shape index (κ2) is 8.01. The number of ether oxygens (including phenoxy) is 2. The minimum Gasteiger partial charge on any atom is -0.494 e. The van der Waals surface area contributed by atoms with Crippen molar-refractivity contribution < 1.29 is 19.2 Å². The third-order valence-corrected chi connectivity index (χ3v) is 3.96. The second-order valence-electron chi connectivity index (χ2n) is 5.68. The lowest BCUT2D eigenvalue weighted by molar-refractivity contribution is -0.384. The van der Waals surface area contributed by atoms with Crippen LogP contribution in [-0.2, 0) is 9.53 Å². The van der Waals surface area contributed by atoms with E-state index in [9.17, 15) is 14.9 Å². The summed E-state index contributed by atoms with van der Waals surface area (Å²) in [6.07, 6.45) is 2.46. The molecule has 0 bridgehead atoms. The van der Waals surface area contributed by atoms with Crippen molar-refractivity contribution in [1.82, 2.24) is 0 Å². The number of benzene rings is 2.